The van der Waals surface area contributed by atoms with Gasteiger partial charge in [0.25, 0.3) is 5.91 Å². The summed E-state index contributed by atoms with van der Waals surface area (Å²) in [6, 6.07) is 15.2. The zero-order chi connectivity index (χ0) is 27.1. The normalized spacial score (nSPS) is 17.7. The number of ether oxygens (including phenoxy) is 3. The lowest BCUT2D eigenvalue weighted by Gasteiger charge is -2.40. The topological polar surface area (TPSA) is 108 Å². The number of benzene rings is 2. The second-order valence-corrected chi connectivity index (χ2v) is 10.1. The van der Waals surface area contributed by atoms with Crippen molar-refractivity contribution in [3.63, 3.8) is 0 Å². The Kier molecular flexibility index (Phi) is 8.29. The number of piperidine rings is 1. The third kappa shape index (κ3) is 6.68. The number of hydrogen-bond donors (Lipinski definition) is 1. The van der Waals surface area contributed by atoms with E-state index in [4.69, 9.17) is 14.2 Å². The van der Waals surface area contributed by atoms with Gasteiger partial charge in [-0.25, -0.2) is 0 Å². The van der Waals surface area contributed by atoms with Crippen molar-refractivity contribution in [2.75, 3.05) is 40.0 Å². The van der Waals surface area contributed by atoms with Crippen LogP contribution >= 0.6 is 0 Å². The van der Waals surface area contributed by atoms with Crippen LogP contribution in [0.25, 0.3) is 0 Å². The molecule has 6 rings (SSSR count). The van der Waals surface area contributed by atoms with Gasteiger partial charge in [-0.15, -0.1) is 5.10 Å². The molecule has 0 aliphatic carbocycles. The average Bonchev–Trinajstić information content (AvgIpc) is 3.41. The maximum atomic E-state index is 13.6. The Bertz CT molecular complexity index is 1270. The van der Waals surface area contributed by atoms with Crippen LogP contribution in [0.3, 0.4) is 0 Å². The van der Waals surface area contributed by atoms with E-state index in [1.165, 1.54) is 0 Å². The monoisotopic (exact) mass is 533 g/mol. The molecule has 10 nitrogen and oxygen atoms in total. The van der Waals surface area contributed by atoms with Gasteiger partial charge in [-0.1, -0.05) is 23.4 Å². The van der Waals surface area contributed by atoms with Gasteiger partial charge in [-0.3, -0.25) is 14.3 Å². The Morgan fingerprint density at radius 3 is 2.69 bits per heavy atom. The second kappa shape index (κ2) is 12.2. The van der Waals surface area contributed by atoms with Crippen LogP contribution in [0.2, 0.25) is 0 Å². The van der Waals surface area contributed by atoms with Crippen LogP contribution in [0, 0.1) is 5.41 Å². The predicted octanol–water partition coefficient (Wildman–Crippen LogP) is 2.66. The summed E-state index contributed by atoms with van der Waals surface area (Å²) < 4.78 is 18.6. The van der Waals surface area contributed by atoms with Gasteiger partial charge in [0.2, 0.25) is 5.91 Å². The zero-order valence-electron chi connectivity index (χ0n) is 22.3. The number of carbonyl (C=O) groups excluding carboxylic acids is 2. The maximum Gasteiger partial charge on any atom is 0.260 e. The van der Waals surface area contributed by atoms with Crippen molar-refractivity contribution < 1.29 is 23.8 Å². The number of nitrogens with one attached hydrogen (secondary N) is 1. The maximum absolute atomic E-state index is 13.6. The number of carbonyl (C=O) groups is 2. The number of rotatable bonds is 4. The molecule has 0 unspecified atom stereocenters. The third-order valence-corrected chi connectivity index (χ3v) is 7.49. The van der Waals surface area contributed by atoms with E-state index in [2.05, 4.69) is 15.6 Å². The van der Waals surface area contributed by atoms with Gasteiger partial charge < -0.3 is 24.4 Å². The van der Waals surface area contributed by atoms with Gasteiger partial charge in [0.15, 0.2) is 6.61 Å². The molecule has 39 heavy (non-hydrogen) atoms. The molecule has 1 aromatic heterocycles. The van der Waals surface area contributed by atoms with Crippen LogP contribution in [-0.2, 0) is 29.0 Å². The van der Waals surface area contributed by atoms with Gasteiger partial charge in [0, 0.05) is 51.3 Å². The highest BCUT2D eigenvalue weighted by Gasteiger charge is 2.43. The van der Waals surface area contributed by atoms with Crippen molar-refractivity contribution in [2.24, 2.45) is 5.41 Å². The number of amides is 2. The highest BCUT2D eigenvalue weighted by atomic mass is 16.5. The first kappa shape index (κ1) is 26.5. The lowest BCUT2D eigenvalue weighted by Crippen LogP contribution is -2.52. The third-order valence-electron chi connectivity index (χ3n) is 7.49. The molecule has 4 bridgehead atoms. The van der Waals surface area contributed by atoms with Gasteiger partial charge in [-0.05, 0) is 49.1 Å². The summed E-state index contributed by atoms with van der Waals surface area (Å²) in [6.07, 6.45) is 5.00. The molecule has 0 radical (unpaired) electrons. The molecule has 3 aromatic rings. The standard InChI is InChI=1S/C29H35N5O5/c1-37-25-4-2-5-26(18-25)39-21-27(35)33-15-11-29(12-16-33)19-23-20-34(32-31-23)14-3-17-38-24-8-6-22(7-9-24)10-13-30-28(29)36/h2,4-9,18,20H,3,10-17,19,21H2,1H3,(H,30,36). The molecule has 0 atom stereocenters. The first-order chi connectivity index (χ1) is 19.0. The molecule has 1 N–H and O–H groups in total. The largest absolute Gasteiger partial charge is 0.497 e. The fourth-order valence-corrected chi connectivity index (χ4v) is 5.15. The Balaban J connectivity index is 1.25. The van der Waals surface area contributed by atoms with Crippen molar-refractivity contribution in [1.29, 1.82) is 0 Å². The van der Waals surface area contributed by atoms with Crippen LogP contribution < -0.4 is 19.5 Å². The minimum absolute atomic E-state index is 0.000972. The van der Waals surface area contributed by atoms with E-state index >= 15 is 0 Å². The summed E-state index contributed by atoms with van der Waals surface area (Å²) in [7, 11) is 1.59. The van der Waals surface area contributed by atoms with E-state index in [1.54, 1.807) is 28.8 Å². The Morgan fingerprint density at radius 2 is 1.90 bits per heavy atom. The van der Waals surface area contributed by atoms with Crippen molar-refractivity contribution in [1.82, 2.24) is 25.2 Å². The van der Waals surface area contributed by atoms with Gasteiger partial charge in [0.1, 0.15) is 17.2 Å². The van der Waals surface area contributed by atoms with Crippen LogP contribution in [0.1, 0.15) is 30.5 Å². The molecule has 1 fully saturated rings. The minimum atomic E-state index is -0.660. The summed E-state index contributed by atoms with van der Waals surface area (Å²) in [5, 5.41) is 11.8. The van der Waals surface area contributed by atoms with Gasteiger partial charge in [-0.2, -0.15) is 0 Å². The lowest BCUT2D eigenvalue weighted by molar-refractivity contribution is -0.141. The molecular weight excluding hydrogens is 498 g/mol. The highest BCUT2D eigenvalue weighted by Crippen LogP contribution is 2.35. The molecule has 206 valence electrons. The highest BCUT2D eigenvalue weighted by molar-refractivity contribution is 5.84. The molecular formula is C29H35N5O5. The van der Waals surface area contributed by atoms with Crippen molar-refractivity contribution >= 4 is 11.8 Å². The van der Waals surface area contributed by atoms with E-state index in [9.17, 15) is 9.59 Å². The minimum Gasteiger partial charge on any atom is -0.497 e. The van der Waals surface area contributed by atoms with Gasteiger partial charge in [0.05, 0.1) is 24.8 Å². The average molecular weight is 534 g/mol. The van der Waals surface area contributed by atoms with Crippen LogP contribution in [-0.4, -0.2) is 71.7 Å². The molecule has 3 aliphatic heterocycles. The smallest absolute Gasteiger partial charge is 0.260 e. The number of hydrogen-bond acceptors (Lipinski definition) is 7. The molecule has 4 heterocycles. The first-order valence-corrected chi connectivity index (χ1v) is 13.5. The van der Waals surface area contributed by atoms with Crippen LogP contribution in [0.5, 0.6) is 17.2 Å². The summed E-state index contributed by atoms with van der Waals surface area (Å²) in [5.41, 5.74) is 1.26. The van der Waals surface area contributed by atoms with E-state index in [1.807, 2.05) is 42.6 Å². The Labute approximate surface area is 228 Å². The van der Waals surface area contributed by atoms with E-state index < -0.39 is 5.41 Å². The summed E-state index contributed by atoms with van der Waals surface area (Å²) in [5.74, 6) is 1.98. The molecule has 0 saturated carbocycles. The fraction of sp³-hybridized carbons (Fsp3) is 0.448. The number of methoxy groups -OCH3 is 1. The van der Waals surface area contributed by atoms with E-state index in [-0.39, 0.29) is 18.4 Å². The van der Waals surface area contributed by atoms with Crippen molar-refractivity contribution in [3.05, 3.63) is 66.0 Å². The summed E-state index contributed by atoms with van der Waals surface area (Å²) in [6.45, 7) is 2.68. The molecule has 2 aromatic carbocycles. The fourth-order valence-electron chi connectivity index (χ4n) is 5.15. The molecule has 1 saturated heterocycles. The number of fused-ring (bicyclic) bond motifs is 8. The van der Waals surface area contributed by atoms with Crippen molar-refractivity contribution in [3.8, 4) is 17.2 Å². The Hall–Kier alpha value is -4.08. The SMILES string of the molecule is COc1cccc(OCC(=O)N2CCC3(CC2)Cc2cn(nn2)CCCOc2ccc(cc2)CCNC3=O)c1. The quantitative estimate of drug-likeness (QED) is 0.549. The molecule has 1 spiro atoms. The predicted molar refractivity (Wildman–Crippen MR) is 144 cm³/mol. The van der Waals surface area contributed by atoms with E-state index in [0.29, 0.717) is 63.5 Å². The van der Waals surface area contributed by atoms with Gasteiger partial charge >= 0.3 is 0 Å². The van der Waals surface area contributed by atoms with E-state index in [0.717, 1.165) is 29.8 Å². The molecule has 3 aliphatic rings. The number of aryl methyl sites for hydroxylation is 1. The Morgan fingerprint density at radius 1 is 1.10 bits per heavy atom. The number of nitrogens with zero attached hydrogens (tertiary/aromatic N) is 4. The van der Waals surface area contributed by atoms with Crippen LogP contribution in [0.4, 0.5) is 0 Å². The number of aromatic nitrogens is 3. The zero-order valence-corrected chi connectivity index (χ0v) is 22.3. The first-order valence-electron chi connectivity index (χ1n) is 13.5. The number of likely N-dealkylation sites (tertiary alicyclic amines) is 1. The molecule has 10 heteroatoms. The lowest BCUT2D eigenvalue weighted by atomic mass is 9.74. The summed E-state index contributed by atoms with van der Waals surface area (Å²) >= 11 is 0. The summed E-state index contributed by atoms with van der Waals surface area (Å²) in [4.78, 5) is 28.3. The van der Waals surface area contributed by atoms with Crippen molar-refractivity contribution in [2.45, 2.75) is 38.6 Å². The molecule has 2 amide bonds. The second-order valence-electron chi connectivity index (χ2n) is 10.1. The van der Waals surface area contributed by atoms with Crippen LogP contribution in [0.15, 0.2) is 54.7 Å².